The monoisotopic (exact) mass is 364 g/mol. The molecule has 25 heavy (non-hydrogen) atoms. The Bertz CT molecular complexity index is 444. The Morgan fingerprint density at radius 3 is 2.36 bits per heavy atom. The lowest BCUT2D eigenvalue weighted by Crippen LogP contribution is -2.56. The number of aliphatic imine (C=N–C) groups is 1. The summed E-state index contributed by atoms with van der Waals surface area (Å²) >= 11 is 0. The van der Waals surface area contributed by atoms with Crippen molar-refractivity contribution in [2.75, 3.05) is 53.0 Å². The molecule has 2 fully saturated rings. The minimum absolute atomic E-state index is 0.267. The molecule has 146 valence electrons. The van der Waals surface area contributed by atoms with E-state index in [1.54, 1.807) is 7.11 Å². The summed E-state index contributed by atoms with van der Waals surface area (Å²) < 4.78 is 43.8. The average Bonchev–Trinajstić information content (AvgIpc) is 3.36. The second-order valence-corrected chi connectivity index (χ2v) is 7.15. The highest BCUT2D eigenvalue weighted by Gasteiger charge is 2.43. The van der Waals surface area contributed by atoms with Crippen molar-refractivity contribution in [3.8, 4) is 0 Å². The molecular formula is C17H31F3N4O. The lowest BCUT2D eigenvalue weighted by atomic mass is 10.0. The molecule has 1 aliphatic carbocycles. The molecule has 0 amide bonds. The van der Waals surface area contributed by atoms with Crippen molar-refractivity contribution in [2.45, 2.75) is 45.3 Å². The van der Waals surface area contributed by atoms with E-state index in [1.807, 2.05) is 6.92 Å². The van der Waals surface area contributed by atoms with Crippen LogP contribution in [0, 0.1) is 5.41 Å². The number of hydrogen-bond acceptors (Lipinski definition) is 3. The molecule has 5 nitrogen and oxygen atoms in total. The quantitative estimate of drug-likeness (QED) is 0.556. The second kappa shape index (κ2) is 8.58. The van der Waals surface area contributed by atoms with Gasteiger partial charge in [0, 0.05) is 53.0 Å². The van der Waals surface area contributed by atoms with Crippen molar-refractivity contribution in [1.82, 2.24) is 15.1 Å². The minimum Gasteiger partial charge on any atom is -0.385 e. The van der Waals surface area contributed by atoms with Gasteiger partial charge in [-0.05, 0) is 38.5 Å². The normalized spacial score (nSPS) is 22.8. The number of methoxy groups -OCH3 is 1. The fraction of sp³-hybridized carbons (Fsp3) is 0.941. The third-order valence-corrected chi connectivity index (χ3v) is 5.33. The molecule has 1 saturated heterocycles. The van der Waals surface area contributed by atoms with Gasteiger partial charge in [0.25, 0.3) is 0 Å². The standard InChI is InChI=1S/C17H31F3N4O/c1-4-21-15(22-13-16(5-6-16)7-12-25-3)24-10-8-23(9-11-24)14(2)17(18,19)20/h14H,4-13H2,1-3H3,(H,21,22). The Kier molecular flexibility index (Phi) is 6.96. The molecule has 1 N–H and O–H groups in total. The molecule has 0 spiro atoms. The van der Waals surface area contributed by atoms with Crippen LogP contribution in [0.15, 0.2) is 4.99 Å². The van der Waals surface area contributed by atoms with Gasteiger partial charge in [-0.25, -0.2) is 0 Å². The lowest BCUT2D eigenvalue weighted by molar-refractivity contribution is -0.181. The fourth-order valence-corrected chi connectivity index (χ4v) is 3.18. The van der Waals surface area contributed by atoms with Crippen LogP contribution < -0.4 is 5.32 Å². The van der Waals surface area contributed by atoms with E-state index < -0.39 is 12.2 Å². The largest absolute Gasteiger partial charge is 0.403 e. The van der Waals surface area contributed by atoms with Gasteiger partial charge in [-0.15, -0.1) is 0 Å². The maximum atomic E-state index is 12.9. The highest BCUT2D eigenvalue weighted by Crippen LogP contribution is 2.49. The molecule has 2 rings (SSSR count). The van der Waals surface area contributed by atoms with Crippen molar-refractivity contribution < 1.29 is 17.9 Å². The molecule has 0 bridgehead atoms. The lowest BCUT2D eigenvalue weighted by Gasteiger charge is -2.39. The minimum atomic E-state index is -4.17. The Morgan fingerprint density at radius 1 is 1.24 bits per heavy atom. The van der Waals surface area contributed by atoms with E-state index in [9.17, 15) is 13.2 Å². The Balaban J connectivity index is 1.90. The van der Waals surface area contributed by atoms with E-state index >= 15 is 0 Å². The molecule has 1 saturated carbocycles. The van der Waals surface area contributed by atoms with E-state index in [0.29, 0.717) is 26.2 Å². The summed E-state index contributed by atoms with van der Waals surface area (Å²) in [5, 5.41) is 3.29. The first kappa shape index (κ1) is 20.3. The molecule has 0 aromatic carbocycles. The first-order chi connectivity index (χ1) is 11.8. The summed E-state index contributed by atoms with van der Waals surface area (Å²) in [6.45, 7) is 7.45. The third kappa shape index (κ3) is 5.74. The van der Waals surface area contributed by atoms with E-state index in [4.69, 9.17) is 9.73 Å². The molecule has 0 radical (unpaired) electrons. The average molecular weight is 364 g/mol. The molecule has 1 atom stereocenters. The highest BCUT2D eigenvalue weighted by atomic mass is 19.4. The van der Waals surface area contributed by atoms with E-state index in [2.05, 4.69) is 10.2 Å². The molecule has 0 aromatic heterocycles. The molecule has 2 aliphatic rings. The summed E-state index contributed by atoms with van der Waals surface area (Å²) in [5.41, 5.74) is 0.267. The van der Waals surface area contributed by atoms with Crippen LogP contribution in [-0.2, 0) is 4.74 Å². The van der Waals surface area contributed by atoms with Crippen LogP contribution in [0.4, 0.5) is 13.2 Å². The Hall–Kier alpha value is -1.02. The van der Waals surface area contributed by atoms with Crippen LogP contribution in [0.3, 0.4) is 0 Å². The van der Waals surface area contributed by atoms with Crippen LogP contribution in [0.5, 0.6) is 0 Å². The first-order valence-electron chi connectivity index (χ1n) is 9.14. The number of guanidine groups is 1. The summed E-state index contributed by atoms with van der Waals surface area (Å²) in [6.07, 6.45) is -0.796. The van der Waals surface area contributed by atoms with Gasteiger partial charge in [0.2, 0.25) is 0 Å². The van der Waals surface area contributed by atoms with E-state index in [0.717, 1.165) is 32.1 Å². The number of hydrogen-bond donors (Lipinski definition) is 1. The van der Waals surface area contributed by atoms with Gasteiger partial charge in [0.1, 0.15) is 6.04 Å². The van der Waals surface area contributed by atoms with Crippen LogP contribution in [0.25, 0.3) is 0 Å². The zero-order chi connectivity index (χ0) is 18.5. The number of halogens is 3. The maximum Gasteiger partial charge on any atom is 0.403 e. The second-order valence-electron chi connectivity index (χ2n) is 7.15. The summed E-state index contributed by atoms with van der Waals surface area (Å²) in [6, 6.07) is -1.39. The number of nitrogens with one attached hydrogen (secondary N) is 1. The van der Waals surface area contributed by atoms with Crippen molar-refractivity contribution in [3.05, 3.63) is 0 Å². The summed E-state index contributed by atoms with van der Waals surface area (Å²) in [5.74, 6) is 0.825. The van der Waals surface area contributed by atoms with Crippen LogP contribution in [-0.4, -0.2) is 81.0 Å². The Morgan fingerprint density at radius 2 is 1.88 bits per heavy atom. The topological polar surface area (TPSA) is 40.1 Å². The number of piperazine rings is 1. The zero-order valence-electron chi connectivity index (χ0n) is 15.5. The smallest absolute Gasteiger partial charge is 0.385 e. The van der Waals surface area contributed by atoms with E-state index in [1.165, 1.54) is 24.7 Å². The predicted octanol–water partition coefficient (Wildman–Crippen LogP) is 2.34. The van der Waals surface area contributed by atoms with Gasteiger partial charge in [-0.1, -0.05) is 0 Å². The van der Waals surface area contributed by atoms with Gasteiger partial charge >= 0.3 is 6.18 Å². The molecule has 0 aromatic rings. The predicted molar refractivity (Wildman–Crippen MR) is 92.8 cm³/mol. The van der Waals surface area contributed by atoms with Gasteiger partial charge in [0.15, 0.2) is 5.96 Å². The zero-order valence-corrected chi connectivity index (χ0v) is 15.5. The summed E-state index contributed by atoms with van der Waals surface area (Å²) in [7, 11) is 1.71. The number of alkyl halides is 3. The molecule has 1 unspecified atom stereocenters. The molecular weight excluding hydrogens is 333 g/mol. The van der Waals surface area contributed by atoms with Gasteiger partial charge in [-0.3, -0.25) is 9.89 Å². The summed E-state index contributed by atoms with van der Waals surface area (Å²) in [4.78, 5) is 8.36. The van der Waals surface area contributed by atoms with Crippen molar-refractivity contribution in [3.63, 3.8) is 0 Å². The molecule has 1 aliphatic heterocycles. The van der Waals surface area contributed by atoms with E-state index in [-0.39, 0.29) is 5.41 Å². The number of nitrogens with zero attached hydrogens (tertiary/aromatic N) is 3. The first-order valence-corrected chi connectivity index (χ1v) is 9.14. The number of rotatable bonds is 7. The van der Waals surface area contributed by atoms with Crippen molar-refractivity contribution >= 4 is 5.96 Å². The Labute approximate surface area is 148 Å². The van der Waals surface area contributed by atoms with Crippen LogP contribution in [0.2, 0.25) is 0 Å². The van der Waals surface area contributed by atoms with Crippen molar-refractivity contribution in [2.24, 2.45) is 10.4 Å². The van der Waals surface area contributed by atoms with Gasteiger partial charge in [0.05, 0.1) is 0 Å². The maximum absolute atomic E-state index is 12.9. The third-order valence-electron chi connectivity index (χ3n) is 5.33. The highest BCUT2D eigenvalue weighted by molar-refractivity contribution is 5.80. The van der Waals surface area contributed by atoms with Crippen LogP contribution in [0.1, 0.15) is 33.1 Å². The van der Waals surface area contributed by atoms with Crippen LogP contribution >= 0.6 is 0 Å². The molecule has 1 heterocycles. The van der Waals surface area contributed by atoms with Crippen molar-refractivity contribution in [1.29, 1.82) is 0 Å². The van der Waals surface area contributed by atoms with Gasteiger partial charge < -0.3 is 15.0 Å². The SMILES string of the molecule is CCNC(=NCC1(CCOC)CC1)N1CCN(C(C)C(F)(F)F)CC1. The van der Waals surface area contributed by atoms with Gasteiger partial charge in [-0.2, -0.15) is 13.2 Å². The fourth-order valence-electron chi connectivity index (χ4n) is 3.18. The number of ether oxygens (including phenoxy) is 1. The molecule has 8 heteroatoms.